The SMILES string of the molecule is COC(C)(C)CCN1CCc2ccc(N)cc2C1. The Hall–Kier alpha value is -1.06. The smallest absolute Gasteiger partial charge is 0.0634 e. The van der Waals surface area contributed by atoms with Crippen molar-refractivity contribution in [3.8, 4) is 0 Å². The minimum atomic E-state index is -0.0318. The van der Waals surface area contributed by atoms with Crippen molar-refractivity contribution < 1.29 is 4.74 Å². The van der Waals surface area contributed by atoms with Crippen LogP contribution in [-0.2, 0) is 17.7 Å². The maximum Gasteiger partial charge on any atom is 0.0634 e. The highest BCUT2D eigenvalue weighted by atomic mass is 16.5. The van der Waals surface area contributed by atoms with Gasteiger partial charge in [0.2, 0.25) is 0 Å². The molecule has 2 N–H and O–H groups in total. The Morgan fingerprint density at radius 1 is 1.33 bits per heavy atom. The molecule has 2 rings (SSSR count). The van der Waals surface area contributed by atoms with Gasteiger partial charge in [0.25, 0.3) is 0 Å². The Balaban J connectivity index is 1.95. The molecule has 18 heavy (non-hydrogen) atoms. The Morgan fingerprint density at radius 2 is 2.11 bits per heavy atom. The Morgan fingerprint density at radius 3 is 2.83 bits per heavy atom. The third-order valence-corrected chi connectivity index (χ3v) is 3.90. The van der Waals surface area contributed by atoms with Crippen LogP contribution in [0.15, 0.2) is 18.2 Å². The summed E-state index contributed by atoms with van der Waals surface area (Å²) in [5.74, 6) is 0. The standard InChI is InChI=1S/C15H24N2O/c1-15(2,18-3)7-9-17-8-6-12-4-5-14(16)10-13(12)11-17/h4-5,10H,6-9,11,16H2,1-3H3. The van der Waals surface area contributed by atoms with Crippen molar-refractivity contribution in [3.05, 3.63) is 29.3 Å². The molecule has 0 aromatic heterocycles. The number of ether oxygens (including phenoxy) is 1. The van der Waals surface area contributed by atoms with Crippen LogP contribution < -0.4 is 5.73 Å². The van der Waals surface area contributed by atoms with Gasteiger partial charge in [0.05, 0.1) is 5.60 Å². The molecule has 1 aromatic rings. The number of nitrogens with zero attached hydrogens (tertiary/aromatic N) is 1. The third-order valence-electron chi connectivity index (χ3n) is 3.90. The molecule has 100 valence electrons. The van der Waals surface area contributed by atoms with Gasteiger partial charge < -0.3 is 10.5 Å². The lowest BCUT2D eigenvalue weighted by molar-refractivity contribution is 0.00641. The zero-order chi connectivity index (χ0) is 13.2. The number of anilines is 1. The lowest BCUT2D eigenvalue weighted by Crippen LogP contribution is -2.35. The normalized spacial score (nSPS) is 16.6. The van der Waals surface area contributed by atoms with Crippen molar-refractivity contribution in [1.82, 2.24) is 4.90 Å². The van der Waals surface area contributed by atoms with Crippen LogP contribution in [0.4, 0.5) is 5.69 Å². The fraction of sp³-hybridized carbons (Fsp3) is 0.600. The van der Waals surface area contributed by atoms with E-state index in [0.717, 1.165) is 38.2 Å². The average molecular weight is 248 g/mol. The maximum atomic E-state index is 5.85. The third kappa shape index (κ3) is 3.24. The molecule has 3 heteroatoms. The highest BCUT2D eigenvalue weighted by Gasteiger charge is 2.21. The summed E-state index contributed by atoms with van der Waals surface area (Å²) in [6.45, 7) is 7.51. The Bertz CT molecular complexity index is 415. The number of hydrogen-bond acceptors (Lipinski definition) is 3. The topological polar surface area (TPSA) is 38.5 Å². The summed E-state index contributed by atoms with van der Waals surface area (Å²) < 4.78 is 5.47. The van der Waals surface area contributed by atoms with Gasteiger partial charge in [-0.15, -0.1) is 0 Å². The number of nitrogens with two attached hydrogens (primary N) is 1. The fourth-order valence-electron chi connectivity index (χ4n) is 2.36. The van der Waals surface area contributed by atoms with Gasteiger partial charge in [-0.3, -0.25) is 4.90 Å². The number of fused-ring (bicyclic) bond motifs is 1. The van der Waals surface area contributed by atoms with E-state index < -0.39 is 0 Å². The molecule has 0 amide bonds. The molecule has 0 saturated carbocycles. The first kappa shape index (κ1) is 13.4. The molecule has 0 fully saturated rings. The molecule has 0 atom stereocenters. The number of nitrogen functional groups attached to an aromatic ring is 1. The van der Waals surface area contributed by atoms with Crippen LogP contribution in [0.3, 0.4) is 0 Å². The second kappa shape index (κ2) is 5.29. The van der Waals surface area contributed by atoms with E-state index >= 15 is 0 Å². The molecule has 0 unspecified atom stereocenters. The molecule has 1 aliphatic rings. The van der Waals surface area contributed by atoms with Gasteiger partial charge >= 0.3 is 0 Å². The lowest BCUT2D eigenvalue weighted by atomic mass is 9.98. The molecular formula is C15H24N2O. The first-order valence-corrected chi connectivity index (χ1v) is 6.65. The van der Waals surface area contributed by atoms with Crippen molar-refractivity contribution in [1.29, 1.82) is 0 Å². The van der Waals surface area contributed by atoms with Crippen LogP contribution in [-0.4, -0.2) is 30.7 Å². The van der Waals surface area contributed by atoms with E-state index in [1.165, 1.54) is 11.1 Å². The Kier molecular flexibility index (Phi) is 3.93. The van der Waals surface area contributed by atoms with Gasteiger partial charge in [0.1, 0.15) is 0 Å². The number of methoxy groups -OCH3 is 1. The summed E-state index contributed by atoms with van der Waals surface area (Å²) in [7, 11) is 1.78. The number of benzene rings is 1. The highest BCUT2D eigenvalue weighted by Crippen LogP contribution is 2.22. The van der Waals surface area contributed by atoms with Gasteiger partial charge in [-0.1, -0.05) is 6.07 Å². The lowest BCUT2D eigenvalue weighted by Gasteiger charge is -2.32. The zero-order valence-corrected chi connectivity index (χ0v) is 11.7. The van der Waals surface area contributed by atoms with Crippen LogP contribution in [0.5, 0.6) is 0 Å². The molecule has 0 radical (unpaired) electrons. The quantitative estimate of drug-likeness (QED) is 0.832. The van der Waals surface area contributed by atoms with Crippen molar-refractivity contribution >= 4 is 5.69 Å². The Labute approximate surface area is 110 Å². The van der Waals surface area contributed by atoms with E-state index in [1.54, 1.807) is 7.11 Å². The van der Waals surface area contributed by atoms with Crippen molar-refractivity contribution in [2.75, 3.05) is 25.9 Å². The van der Waals surface area contributed by atoms with Crippen LogP contribution in [0.2, 0.25) is 0 Å². The van der Waals surface area contributed by atoms with Gasteiger partial charge in [-0.2, -0.15) is 0 Å². The van der Waals surface area contributed by atoms with Crippen LogP contribution in [0.1, 0.15) is 31.4 Å². The van der Waals surface area contributed by atoms with Crippen molar-refractivity contribution in [2.24, 2.45) is 0 Å². The molecule has 3 nitrogen and oxygen atoms in total. The largest absolute Gasteiger partial charge is 0.399 e. The highest BCUT2D eigenvalue weighted by molar-refractivity contribution is 5.45. The molecule has 0 bridgehead atoms. The molecule has 0 aliphatic carbocycles. The van der Waals surface area contributed by atoms with Crippen molar-refractivity contribution in [3.63, 3.8) is 0 Å². The van der Waals surface area contributed by atoms with Crippen molar-refractivity contribution in [2.45, 2.75) is 38.8 Å². The van der Waals surface area contributed by atoms with E-state index in [0.29, 0.717) is 0 Å². The summed E-state index contributed by atoms with van der Waals surface area (Å²) in [5, 5.41) is 0. The second-order valence-electron chi connectivity index (χ2n) is 5.77. The van der Waals surface area contributed by atoms with Crippen LogP contribution in [0, 0.1) is 0 Å². The first-order chi connectivity index (χ1) is 8.50. The molecule has 1 aromatic carbocycles. The van der Waals surface area contributed by atoms with Gasteiger partial charge in [-0.05, 0) is 49.9 Å². The maximum absolute atomic E-state index is 5.85. The minimum Gasteiger partial charge on any atom is -0.399 e. The fourth-order valence-corrected chi connectivity index (χ4v) is 2.36. The predicted octanol–water partition coefficient (Wildman–Crippen LogP) is 2.44. The van der Waals surface area contributed by atoms with E-state index in [-0.39, 0.29) is 5.60 Å². The summed E-state index contributed by atoms with van der Waals surface area (Å²) in [5.41, 5.74) is 9.53. The summed E-state index contributed by atoms with van der Waals surface area (Å²) in [6.07, 6.45) is 2.18. The van der Waals surface area contributed by atoms with Gasteiger partial charge in [0, 0.05) is 32.4 Å². The predicted molar refractivity (Wildman–Crippen MR) is 75.5 cm³/mol. The zero-order valence-electron chi connectivity index (χ0n) is 11.7. The summed E-state index contributed by atoms with van der Waals surface area (Å²) in [6, 6.07) is 6.28. The van der Waals surface area contributed by atoms with E-state index in [4.69, 9.17) is 10.5 Å². The first-order valence-electron chi connectivity index (χ1n) is 6.65. The molecular weight excluding hydrogens is 224 g/mol. The molecule has 0 spiro atoms. The average Bonchev–Trinajstić information content (AvgIpc) is 2.36. The minimum absolute atomic E-state index is 0.0318. The second-order valence-corrected chi connectivity index (χ2v) is 5.77. The summed E-state index contributed by atoms with van der Waals surface area (Å²) in [4.78, 5) is 2.49. The molecule has 1 heterocycles. The summed E-state index contributed by atoms with van der Waals surface area (Å²) >= 11 is 0. The number of rotatable bonds is 4. The van der Waals surface area contributed by atoms with E-state index in [2.05, 4.69) is 30.9 Å². The number of hydrogen-bond donors (Lipinski definition) is 1. The van der Waals surface area contributed by atoms with Crippen LogP contribution in [0.25, 0.3) is 0 Å². The van der Waals surface area contributed by atoms with Gasteiger partial charge in [0.15, 0.2) is 0 Å². The molecule has 1 aliphatic heterocycles. The van der Waals surface area contributed by atoms with E-state index in [1.807, 2.05) is 6.07 Å². The van der Waals surface area contributed by atoms with E-state index in [9.17, 15) is 0 Å². The molecule has 0 saturated heterocycles. The van der Waals surface area contributed by atoms with Crippen LogP contribution >= 0.6 is 0 Å². The van der Waals surface area contributed by atoms with Gasteiger partial charge in [-0.25, -0.2) is 0 Å². The monoisotopic (exact) mass is 248 g/mol.